The molecule has 0 aromatic heterocycles. The van der Waals surface area contributed by atoms with Crippen molar-refractivity contribution in [1.29, 1.82) is 0 Å². The van der Waals surface area contributed by atoms with Crippen LogP contribution in [0.25, 0.3) is 0 Å². The zero-order chi connectivity index (χ0) is 8.69. The Morgan fingerprint density at radius 1 is 1.55 bits per heavy atom. The molecule has 0 radical (unpaired) electrons. The Hall–Kier alpha value is -0.710. The van der Waals surface area contributed by atoms with E-state index >= 15 is 0 Å². The lowest BCUT2D eigenvalue weighted by atomic mass is 10.3. The SMILES string of the molecule is O=C(O)COCCCC(F)F. The van der Waals surface area contributed by atoms with E-state index in [0.717, 1.165) is 0 Å². The quantitative estimate of drug-likeness (QED) is 0.605. The third-order valence-electron chi connectivity index (χ3n) is 0.937. The van der Waals surface area contributed by atoms with E-state index in [4.69, 9.17) is 5.11 Å². The molecule has 11 heavy (non-hydrogen) atoms. The average Bonchev–Trinajstić information content (AvgIpc) is 1.85. The summed E-state index contributed by atoms with van der Waals surface area (Å²) in [6.07, 6.45) is -2.37. The molecule has 0 spiro atoms. The molecule has 0 bridgehead atoms. The Morgan fingerprint density at radius 2 is 2.18 bits per heavy atom. The minimum atomic E-state index is -2.33. The number of carboxylic acid groups (broad SMARTS) is 1. The van der Waals surface area contributed by atoms with Gasteiger partial charge in [0.15, 0.2) is 0 Å². The number of hydrogen-bond acceptors (Lipinski definition) is 2. The minimum absolute atomic E-state index is 0.0800. The van der Waals surface area contributed by atoms with E-state index in [1.54, 1.807) is 0 Å². The summed E-state index contributed by atoms with van der Waals surface area (Å²) >= 11 is 0. The first-order chi connectivity index (χ1) is 5.13. The third-order valence-corrected chi connectivity index (χ3v) is 0.937. The summed E-state index contributed by atoms with van der Waals surface area (Å²) in [7, 11) is 0. The molecule has 1 N–H and O–H groups in total. The topological polar surface area (TPSA) is 46.5 Å². The molecule has 66 valence electrons. The first-order valence-electron chi connectivity index (χ1n) is 3.20. The van der Waals surface area contributed by atoms with Gasteiger partial charge in [0.05, 0.1) is 0 Å². The molecular formula is C6H10F2O3. The van der Waals surface area contributed by atoms with Crippen molar-refractivity contribution in [2.45, 2.75) is 19.3 Å². The highest BCUT2D eigenvalue weighted by Gasteiger charge is 2.01. The lowest BCUT2D eigenvalue weighted by Crippen LogP contribution is -2.08. The summed E-state index contributed by atoms with van der Waals surface area (Å²) in [4.78, 5) is 9.82. The molecule has 0 saturated carbocycles. The van der Waals surface area contributed by atoms with Crippen LogP contribution < -0.4 is 0 Å². The molecule has 0 fully saturated rings. The van der Waals surface area contributed by atoms with Gasteiger partial charge in [-0.2, -0.15) is 0 Å². The van der Waals surface area contributed by atoms with E-state index in [1.807, 2.05) is 0 Å². The monoisotopic (exact) mass is 168 g/mol. The maximum atomic E-state index is 11.4. The highest BCUT2D eigenvalue weighted by molar-refractivity contribution is 5.67. The van der Waals surface area contributed by atoms with Gasteiger partial charge in [0.2, 0.25) is 6.43 Å². The van der Waals surface area contributed by atoms with Crippen molar-refractivity contribution in [1.82, 2.24) is 0 Å². The van der Waals surface area contributed by atoms with Crippen molar-refractivity contribution in [2.24, 2.45) is 0 Å². The molecule has 0 saturated heterocycles. The van der Waals surface area contributed by atoms with Crippen LogP contribution in [-0.2, 0) is 9.53 Å². The lowest BCUT2D eigenvalue weighted by molar-refractivity contribution is -0.142. The first-order valence-corrected chi connectivity index (χ1v) is 3.20. The van der Waals surface area contributed by atoms with Gasteiger partial charge in [-0.25, -0.2) is 13.6 Å². The molecule has 3 nitrogen and oxygen atoms in total. The predicted molar refractivity (Wildman–Crippen MR) is 33.7 cm³/mol. The van der Waals surface area contributed by atoms with E-state index in [9.17, 15) is 13.6 Å². The molecule has 0 atom stereocenters. The molecule has 0 aromatic carbocycles. The van der Waals surface area contributed by atoms with Crippen LogP contribution in [0.2, 0.25) is 0 Å². The second-order valence-corrected chi connectivity index (χ2v) is 1.98. The van der Waals surface area contributed by atoms with Crippen molar-refractivity contribution in [2.75, 3.05) is 13.2 Å². The number of ether oxygens (including phenoxy) is 1. The van der Waals surface area contributed by atoms with Crippen molar-refractivity contribution in [3.63, 3.8) is 0 Å². The van der Waals surface area contributed by atoms with E-state index in [1.165, 1.54) is 0 Å². The average molecular weight is 168 g/mol. The summed E-state index contributed by atoms with van der Waals surface area (Å²) in [6.45, 7) is -0.333. The standard InChI is InChI=1S/C6H10F2O3/c7-5(8)2-1-3-11-4-6(9)10/h5H,1-4H2,(H,9,10). The van der Waals surface area contributed by atoms with Gasteiger partial charge in [-0.3, -0.25) is 0 Å². The van der Waals surface area contributed by atoms with Crippen LogP contribution in [0.5, 0.6) is 0 Å². The van der Waals surface area contributed by atoms with Crippen LogP contribution in [0, 0.1) is 0 Å². The summed E-state index contributed by atoms with van der Waals surface area (Å²) in [6, 6.07) is 0. The Morgan fingerprint density at radius 3 is 2.64 bits per heavy atom. The molecule has 0 aliphatic rings. The number of halogens is 2. The minimum Gasteiger partial charge on any atom is -0.480 e. The second-order valence-electron chi connectivity index (χ2n) is 1.98. The normalized spacial score (nSPS) is 10.5. The number of rotatable bonds is 6. The summed E-state index contributed by atoms with van der Waals surface area (Å²) in [5.41, 5.74) is 0. The zero-order valence-electron chi connectivity index (χ0n) is 5.93. The largest absolute Gasteiger partial charge is 0.480 e. The van der Waals surface area contributed by atoms with Crippen LogP contribution in [0.4, 0.5) is 8.78 Å². The predicted octanol–water partition coefficient (Wildman–Crippen LogP) is 1.13. The fourth-order valence-electron chi connectivity index (χ4n) is 0.499. The van der Waals surface area contributed by atoms with E-state index < -0.39 is 19.0 Å². The van der Waals surface area contributed by atoms with Crippen molar-refractivity contribution in [3.8, 4) is 0 Å². The van der Waals surface area contributed by atoms with Gasteiger partial charge in [0.1, 0.15) is 6.61 Å². The van der Waals surface area contributed by atoms with Crippen LogP contribution in [0.3, 0.4) is 0 Å². The second kappa shape index (κ2) is 6.03. The summed E-state index contributed by atoms with van der Waals surface area (Å²) < 4.78 is 27.4. The van der Waals surface area contributed by atoms with Gasteiger partial charge in [-0.15, -0.1) is 0 Å². The van der Waals surface area contributed by atoms with Crippen LogP contribution in [0.15, 0.2) is 0 Å². The van der Waals surface area contributed by atoms with E-state index in [0.29, 0.717) is 0 Å². The number of carbonyl (C=O) groups is 1. The van der Waals surface area contributed by atoms with Gasteiger partial charge < -0.3 is 9.84 Å². The Bertz CT molecular complexity index is 116. The maximum Gasteiger partial charge on any atom is 0.329 e. The molecule has 0 aliphatic carbocycles. The van der Waals surface area contributed by atoms with Gasteiger partial charge in [0.25, 0.3) is 0 Å². The van der Waals surface area contributed by atoms with Crippen molar-refractivity contribution in [3.05, 3.63) is 0 Å². The maximum absolute atomic E-state index is 11.4. The van der Waals surface area contributed by atoms with E-state index in [2.05, 4.69) is 4.74 Å². The molecular weight excluding hydrogens is 158 g/mol. The molecule has 0 unspecified atom stereocenters. The van der Waals surface area contributed by atoms with Crippen LogP contribution in [-0.4, -0.2) is 30.7 Å². The fourth-order valence-corrected chi connectivity index (χ4v) is 0.499. The van der Waals surface area contributed by atoms with Gasteiger partial charge >= 0.3 is 5.97 Å². The number of alkyl halides is 2. The number of aliphatic carboxylic acids is 1. The molecule has 0 aliphatic heterocycles. The highest BCUT2D eigenvalue weighted by atomic mass is 19.3. The third kappa shape index (κ3) is 9.29. The lowest BCUT2D eigenvalue weighted by Gasteiger charge is -1.99. The van der Waals surface area contributed by atoms with Crippen LogP contribution in [0.1, 0.15) is 12.8 Å². The Balaban J connectivity index is 2.97. The number of carboxylic acids is 1. The Labute approximate surface area is 63.0 Å². The van der Waals surface area contributed by atoms with Gasteiger partial charge in [-0.1, -0.05) is 0 Å². The molecule has 0 rings (SSSR count). The first kappa shape index (κ1) is 10.3. The molecule has 0 heterocycles. The highest BCUT2D eigenvalue weighted by Crippen LogP contribution is 2.02. The van der Waals surface area contributed by atoms with Gasteiger partial charge in [-0.05, 0) is 6.42 Å². The summed E-state index contributed by atoms with van der Waals surface area (Å²) in [5.74, 6) is -1.08. The fraction of sp³-hybridized carbons (Fsp3) is 0.833. The smallest absolute Gasteiger partial charge is 0.329 e. The molecule has 0 amide bonds. The van der Waals surface area contributed by atoms with Gasteiger partial charge in [0, 0.05) is 13.0 Å². The number of hydrogen-bond donors (Lipinski definition) is 1. The van der Waals surface area contributed by atoms with Crippen LogP contribution >= 0.6 is 0 Å². The Kier molecular flexibility index (Phi) is 5.64. The molecule has 5 heteroatoms. The summed E-state index contributed by atoms with van der Waals surface area (Å²) in [5, 5.41) is 8.05. The van der Waals surface area contributed by atoms with Crippen molar-refractivity contribution < 1.29 is 23.4 Å². The van der Waals surface area contributed by atoms with E-state index in [-0.39, 0.29) is 19.4 Å². The zero-order valence-corrected chi connectivity index (χ0v) is 5.93. The van der Waals surface area contributed by atoms with Crippen molar-refractivity contribution >= 4 is 5.97 Å². The molecule has 0 aromatic rings.